The number of halogens is 1. The van der Waals surface area contributed by atoms with Gasteiger partial charge in [-0.25, -0.2) is 14.2 Å². The number of benzene rings is 2. The lowest BCUT2D eigenvalue weighted by Crippen LogP contribution is -2.14. The second kappa shape index (κ2) is 8.07. The van der Waals surface area contributed by atoms with Gasteiger partial charge < -0.3 is 14.6 Å². The molecule has 1 heterocycles. The zero-order valence-corrected chi connectivity index (χ0v) is 14.7. The molecule has 2 atom stereocenters. The smallest absolute Gasteiger partial charge is 0.339 e. The van der Waals surface area contributed by atoms with E-state index in [0.29, 0.717) is 21.9 Å². The van der Waals surface area contributed by atoms with Crippen LogP contribution in [0.25, 0.3) is 0 Å². The largest absolute Gasteiger partial charge is 0.478 e. The van der Waals surface area contributed by atoms with Crippen molar-refractivity contribution in [3.05, 3.63) is 82.1 Å². The van der Waals surface area contributed by atoms with Crippen LogP contribution in [0.15, 0.2) is 60.1 Å². The molecule has 0 aliphatic rings. The highest BCUT2D eigenvalue weighted by molar-refractivity contribution is 7.09. The summed E-state index contributed by atoms with van der Waals surface area (Å²) in [5, 5.41) is 12.5. The van der Waals surface area contributed by atoms with E-state index in [1.165, 1.54) is 30.6 Å². The maximum atomic E-state index is 13.6. The highest BCUT2D eigenvalue weighted by Crippen LogP contribution is 2.31. The molecule has 2 aromatic carbocycles. The number of ether oxygens (including phenoxy) is 2. The normalized spacial score (nSPS) is 13.0. The minimum atomic E-state index is -1.41. The zero-order valence-electron chi connectivity index (χ0n) is 13.8. The van der Waals surface area contributed by atoms with E-state index >= 15 is 0 Å². The van der Waals surface area contributed by atoms with Gasteiger partial charge in [0.25, 0.3) is 0 Å². The lowest BCUT2D eigenvalue weighted by molar-refractivity contribution is -0.150. The molecule has 1 N–H and O–H groups in total. The van der Waals surface area contributed by atoms with Crippen molar-refractivity contribution >= 4 is 17.3 Å². The van der Waals surface area contributed by atoms with Crippen molar-refractivity contribution in [1.29, 1.82) is 0 Å². The topological polar surface area (TPSA) is 68.7 Å². The Morgan fingerprint density at radius 1 is 1.19 bits per heavy atom. The number of nitrogens with zero attached hydrogens (tertiary/aromatic N) is 1. The molecule has 5 nitrogen and oxygen atoms in total. The quantitative estimate of drug-likeness (QED) is 0.668. The molecule has 0 radical (unpaired) electrons. The minimum absolute atomic E-state index is 0.339. The van der Waals surface area contributed by atoms with E-state index in [2.05, 4.69) is 9.72 Å². The maximum Gasteiger partial charge on any atom is 0.339 e. The summed E-state index contributed by atoms with van der Waals surface area (Å²) in [7, 11) is 1.20. The lowest BCUT2D eigenvalue weighted by atomic mass is 10.1. The molecule has 0 spiro atoms. The van der Waals surface area contributed by atoms with E-state index in [1.54, 1.807) is 42.6 Å². The highest BCUT2D eigenvalue weighted by Gasteiger charge is 2.22. The molecular weight excluding hydrogens is 357 g/mol. The highest BCUT2D eigenvalue weighted by atomic mass is 32.1. The number of aliphatic hydroxyl groups is 1. The molecule has 26 heavy (non-hydrogen) atoms. The molecule has 0 fully saturated rings. The third-order valence-corrected chi connectivity index (χ3v) is 4.50. The average Bonchev–Trinajstić information content (AvgIpc) is 3.19. The fourth-order valence-electron chi connectivity index (χ4n) is 2.44. The van der Waals surface area contributed by atoms with Gasteiger partial charge in [0.1, 0.15) is 16.6 Å². The van der Waals surface area contributed by atoms with Gasteiger partial charge in [0.05, 0.1) is 7.11 Å². The SMILES string of the molecule is COC(=O)[C@H](O)c1cccc(OC(c2cccc(F)c2)c2nccs2)c1. The summed E-state index contributed by atoms with van der Waals surface area (Å²) in [6.07, 6.45) is -0.375. The standard InChI is InChI=1S/C19H16FNO4S/c1-24-19(23)16(22)12-4-3-7-15(11-12)25-17(18-21-8-9-26-18)13-5-2-6-14(20)10-13/h2-11,16-17,22H,1H3/t16-,17?/m1/s1. The van der Waals surface area contributed by atoms with E-state index in [4.69, 9.17) is 4.74 Å². The van der Waals surface area contributed by atoms with Gasteiger partial charge in [-0.3, -0.25) is 0 Å². The number of methoxy groups -OCH3 is 1. The van der Waals surface area contributed by atoms with Crippen molar-refractivity contribution < 1.29 is 23.8 Å². The van der Waals surface area contributed by atoms with Crippen molar-refractivity contribution in [3.8, 4) is 5.75 Å². The molecule has 1 aromatic heterocycles. The minimum Gasteiger partial charge on any atom is -0.478 e. The second-order valence-electron chi connectivity index (χ2n) is 5.42. The Morgan fingerprint density at radius 3 is 2.65 bits per heavy atom. The number of hydrogen-bond donors (Lipinski definition) is 1. The van der Waals surface area contributed by atoms with E-state index in [0.717, 1.165) is 0 Å². The Morgan fingerprint density at radius 2 is 1.96 bits per heavy atom. The van der Waals surface area contributed by atoms with Crippen LogP contribution in [-0.2, 0) is 9.53 Å². The number of carbonyl (C=O) groups excluding carboxylic acids is 1. The summed E-state index contributed by atoms with van der Waals surface area (Å²) >= 11 is 1.39. The number of esters is 1. The molecule has 0 amide bonds. The van der Waals surface area contributed by atoms with E-state index in [-0.39, 0.29) is 5.82 Å². The summed E-state index contributed by atoms with van der Waals surface area (Å²) < 4.78 is 24.2. The van der Waals surface area contributed by atoms with E-state index in [9.17, 15) is 14.3 Å². The van der Waals surface area contributed by atoms with Crippen LogP contribution < -0.4 is 4.74 Å². The summed E-state index contributed by atoms with van der Waals surface area (Å²) in [6, 6.07) is 12.6. The molecule has 0 aliphatic heterocycles. The average molecular weight is 373 g/mol. The summed E-state index contributed by atoms with van der Waals surface area (Å²) in [4.78, 5) is 15.8. The Kier molecular flexibility index (Phi) is 5.60. The van der Waals surface area contributed by atoms with E-state index in [1.807, 2.05) is 5.38 Å². The van der Waals surface area contributed by atoms with Crippen LogP contribution in [0.4, 0.5) is 4.39 Å². The van der Waals surface area contributed by atoms with Gasteiger partial charge in [-0.15, -0.1) is 11.3 Å². The molecule has 0 aliphatic carbocycles. The Labute approximate surface area is 153 Å². The first-order chi connectivity index (χ1) is 12.6. The third kappa shape index (κ3) is 4.07. The number of thiazole rings is 1. The van der Waals surface area contributed by atoms with Gasteiger partial charge >= 0.3 is 5.97 Å². The molecule has 134 valence electrons. The molecule has 7 heteroatoms. The molecule has 0 saturated carbocycles. The predicted octanol–water partition coefficient (Wildman–Crippen LogP) is 3.66. The Balaban J connectivity index is 1.92. The Hall–Kier alpha value is -2.77. The summed E-state index contributed by atoms with van der Waals surface area (Å²) in [6.45, 7) is 0. The maximum absolute atomic E-state index is 13.6. The van der Waals surface area contributed by atoms with Crippen LogP contribution in [0.3, 0.4) is 0 Å². The monoisotopic (exact) mass is 373 g/mol. The summed E-state index contributed by atoms with van der Waals surface area (Å²) in [5.74, 6) is -0.721. The molecule has 3 rings (SSSR count). The van der Waals surface area contributed by atoms with Gasteiger partial charge in [-0.1, -0.05) is 24.3 Å². The van der Waals surface area contributed by atoms with Gasteiger partial charge in [0, 0.05) is 17.1 Å². The van der Waals surface area contributed by atoms with Crippen molar-refractivity contribution in [2.24, 2.45) is 0 Å². The second-order valence-corrected chi connectivity index (χ2v) is 6.35. The molecule has 1 unspecified atom stereocenters. The van der Waals surface area contributed by atoms with E-state index < -0.39 is 18.2 Å². The van der Waals surface area contributed by atoms with Crippen LogP contribution in [0.5, 0.6) is 5.75 Å². The fraction of sp³-hybridized carbons (Fsp3) is 0.158. The zero-order chi connectivity index (χ0) is 18.5. The number of aliphatic hydroxyl groups excluding tert-OH is 1. The van der Waals surface area contributed by atoms with Crippen molar-refractivity contribution in [2.45, 2.75) is 12.2 Å². The molecular formula is C19H16FNO4S. The number of rotatable bonds is 6. The van der Waals surface area contributed by atoms with Crippen LogP contribution in [0.2, 0.25) is 0 Å². The first-order valence-electron chi connectivity index (χ1n) is 7.76. The Bertz CT molecular complexity index is 885. The van der Waals surface area contributed by atoms with Crippen LogP contribution in [0.1, 0.15) is 28.3 Å². The number of hydrogen-bond acceptors (Lipinski definition) is 6. The molecule has 0 saturated heterocycles. The van der Waals surface area contributed by atoms with Gasteiger partial charge in [0.2, 0.25) is 0 Å². The van der Waals surface area contributed by atoms with Crippen molar-refractivity contribution in [1.82, 2.24) is 4.98 Å². The molecule has 0 bridgehead atoms. The number of aromatic nitrogens is 1. The van der Waals surface area contributed by atoms with Gasteiger partial charge in [0.15, 0.2) is 12.2 Å². The summed E-state index contributed by atoms with van der Waals surface area (Å²) in [5.41, 5.74) is 0.949. The van der Waals surface area contributed by atoms with Crippen LogP contribution >= 0.6 is 11.3 Å². The lowest BCUT2D eigenvalue weighted by Gasteiger charge is -2.19. The number of carbonyl (C=O) groups is 1. The van der Waals surface area contributed by atoms with Crippen LogP contribution in [0, 0.1) is 5.82 Å². The third-order valence-electron chi connectivity index (χ3n) is 3.68. The van der Waals surface area contributed by atoms with Gasteiger partial charge in [-0.2, -0.15) is 0 Å². The van der Waals surface area contributed by atoms with Gasteiger partial charge in [-0.05, 0) is 29.8 Å². The predicted molar refractivity (Wildman–Crippen MR) is 94.4 cm³/mol. The fourth-order valence-corrected chi connectivity index (χ4v) is 3.13. The van der Waals surface area contributed by atoms with Crippen molar-refractivity contribution in [2.75, 3.05) is 7.11 Å². The van der Waals surface area contributed by atoms with Crippen LogP contribution in [-0.4, -0.2) is 23.2 Å². The first-order valence-corrected chi connectivity index (χ1v) is 8.64. The van der Waals surface area contributed by atoms with Crippen molar-refractivity contribution in [3.63, 3.8) is 0 Å². The first kappa shape index (κ1) is 18.0. The molecule has 3 aromatic rings.